The molecule has 7 heteroatoms. The molecule has 2 fully saturated rings. The van der Waals surface area contributed by atoms with E-state index in [2.05, 4.69) is 10.4 Å². The third kappa shape index (κ3) is 4.72. The predicted octanol–water partition coefficient (Wildman–Crippen LogP) is 2.35. The van der Waals surface area contributed by atoms with Gasteiger partial charge in [0.2, 0.25) is 0 Å². The van der Waals surface area contributed by atoms with Crippen molar-refractivity contribution in [2.24, 2.45) is 0 Å². The fourth-order valence-corrected chi connectivity index (χ4v) is 3.29. The molecule has 0 radical (unpaired) electrons. The van der Waals surface area contributed by atoms with Crippen molar-refractivity contribution in [3.05, 3.63) is 63.6 Å². The Morgan fingerprint density at radius 3 is 2.45 bits per heavy atom. The molecule has 4 rings (SSSR count). The highest BCUT2D eigenvalue weighted by molar-refractivity contribution is 5.94. The van der Waals surface area contributed by atoms with Crippen LogP contribution in [0.15, 0.2) is 41.2 Å². The highest BCUT2D eigenvalue weighted by atomic mass is 16.2. The number of aromatic nitrogens is 2. The lowest BCUT2D eigenvalue weighted by atomic mass is 10.1. The molecule has 1 heterocycles. The molecule has 2 amide bonds. The van der Waals surface area contributed by atoms with Crippen molar-refractivity contribution in [1.82, 2.24) is 20.0 Å². The zero-order valence-electron chi connectivity index (χ0n) is 16.6. The van der Waals surface area contributed by atoms with Gasteiger partial charge in [-0.25, -0.2) is 4.68 Å². The predicted molar refractivity (Wildman–Crippen MR) is 109 cm³/mol. The second kappa shape index (κ2) is 8.19. The molecule has 2 saturated carbocycles. The van der Waals surface area contributed by atoms with E-state index >= 15 is 0 Å². The Balaban J connectivity index is 1.48. The first-order valence-electron chi connectivity index (χ1n) is 10.3. The van der Waals surface area contributed by atoms with Crippen molar-refractivity contribution in [2.45, 2.75) is 64.2 Å². The number of carbonyl (C=O) groups is 2. The molecule has 7 nitrogen and oxygen atoms in total. The Hall–Kier alpha value is -2.96. The average Bonchev–Trinajstić information content (AvgIpc) is 3.63. The number of nitrogens with zero attached hydrogens (tertiary/aromatic N) is 3. The van der Waals surface area contributed by atoms with E-state index in [1.807, 2.05) is 36.1 Å². The molecule has 0 atom stereocenters. The molecule has 1 N–H and O–H groups in total. The highest BCUT2D eigenvalue weighted by Crippen LogP contribution is 2.29. The van der Waals surface area contributed by atoms with E-state index in [0.29, 0.717) is 30.4 Å². The number of aryl methyl sites for hydroxylation is 1. The molecular formula is C22H26N4O3. The highest BCUT2D eigenvalue weighted by Gasteiger charge is 2.34. The number of hydrogen-bond acceptors (Lipinski definition) is 4. The molecule has 2 aliphatic rings. The summed E-state index contributed by atoms with van der Waals surface area (Å²) in [5.41, 5.74) is 1.71. The van der Waals surface area contributed by atoms with Crippen LogP contribution in [0.25, 0.3) is 0 Å². The van der Waals surface area contributed by atoms with E-state index in [1.54, 1.807) is 0 Å². The quantitative estimate of drug-likeness (QED) is 0.745. The summed E-state index contributed by atoms with van der Waals surface area (Å²) in [5.74, 6) is -0.204. The van der Waals surface area contributed by atoms with Crippen molar-refractivity contribution < 1.29 is 9.59 Å². The number of hydrogen-bond donors (Lipinski definition) is 1. The standard InChI is InChI=1S/C22H26N4O3/c1-2-13-26-20(27)12-11-19(24-26)22(29)25(18-9-10-18)14-15-3-5-16(6-4-15)21(28)23-17-7-8-17/h3-6,11-12,17-18H,2,7-10,13-14H2,1H3,(H,23,28). The first-order chi connectivity index (χ1) is 14.0. The Labute approximate surface area is 169 Å². The van der Waals surface area contributed by atoms with E-state index < -0.39 is 0 Å². The van der Waals surface area contributed by atoms with Gasteiger partial charge in [-0.05, 0) is 55.9 Å². The molecule has 0 aliphatic heterocycles. The van der Waals surface area contributed by atoms with Crippen LogP contribution in [0.4, 0.5) is 0 Å². The summed E-state index contributed by atoms with van der Waals surface area (Å²) in [7, 11) is 0. The van der Waals surface area contributed by atoms with Crippen LogP contribution in [0, 0.1) is 0 Å². The van der Waals surface area contributed by atoms with Crippen molar-refractivity contribution in [1.29, 1.82) is 0 Å². The van der Waals surface area contributed by atoms with Gasteiger partial charge in [0.25, 0.3) is 17.4 Å². The maximum absolute atomic E-state index is 13.1. The molecule has 29 heavy (non-hydrogen) atoms. The van der Waals surface area contributed by atoms with E-state index in [9.17, 15) is 14.4 Å². The van der Waals surface area contributed by atoms with Crippen LogP contribution in [0.3, 0.4) is 0 Å². The first-order valence-corrected chi connectivity index (χ1v) is 10.3. The lowest BCUT2D eigenvalue weighted by Crippen LogP contribution is -2.35. The van der Waals surface area contributed by atoms with Crippen LogP contribution in [-0.2, 0) is 13.1 Å². The van der Waals surface area contributed by atoms with Crippen LogP contribution in [-0.4, -0.2) is 38.6 Å². The van der Waals surface area contributed by atoms with E-state index in [1.165, 1.54) is 16.8 Å². The van der Waals surface area contributed by atoms with Gasteiger partial charge in [-0.1, -0.05) is 19.1 Å². The van der Waals surface area contributed by atoms with Gasteiger partial charge in [0.15, 0.2) is 0 Å². The van der Waals surface area contributed by atoms with Crippen molar-refractivity contribution >= 4 is 11.8 Å². The number of nitrogens with one attached hydrogen (secondary N) is 1. The third-order valence-corrected chi connectivity index (χ3v) is 5.25. The van der Waals surface area contributed by atoms with Gasteiger partial charge in [0.05, 0.1) is 0 Å². The molecule has 1 aromatic heterocycles. The Morgan fingerprint density at radius 2 is 1.83 bits per heavy atom. The SMILES string of the molecule is CCCn1nc(C(=O)N(Cc2ccc(C(=O)NC3CC3)cc2)C2CC2)ccc1=O. The second-order valence-electron chi connectivity index (χ2n) is 7.89. The topological polar surface area (TPSA) is 84.3 Å². The second-order valence-corrected chi connectivity index (χ2v) is 7.89. The Morgan fingerprint density at radius 1 is 1.10 bits per heavy atom. The third-order valence-electron chi connectivity index (χ3n) is 5.25. The minimum atomic E-state index is -0.193. The fourth-order valence-electron chi connectivity index (χ4n) is 3.29. The summed E-state index contributed by atoms with van der Waals surface area (Å²) in [5, 5.41) is 7.24. The summed E-state index contributed by atoms with van der Waals surface area (Å²) in [4.78, 5) is 38.9. The number of carbonyl (C=O) groups excluding carboxylic acids is 2. The van der Waals surface area contributed by atoms with Gasteiger partial charge < -0.3 is 10.2 Å². The average molecular weight is 394 g/mol. The monoisotopic (exact) mass is 394 g/mol. The van der Waals surface area contributed by atoms with Crippen LogP contribution in [0.5, 0.6) is 0 Å². The summed E-state index contributed by atoms with van der Waals surface area (Å²) in [6, 6.07) is 10.9. The molecule has 0 unspecified atom stereocenters. The zero-order valence-corrected chi connectivity index (χ0v) is 16.6. The summed E-state index contributed by atoms with van der Waals surface area (Å²) in [6.07, 6.45) is 4.84. The summed E-state index contributed by atoms with van der Waals surface area (Å²) in [6.45, 7) is 2.92. The van der Waals surface area contributed by atoms with Crippen LogP contribution < -0.4 is 10.9 Å². The van der Waals surface area contributed by atoms with Gasteiger partial charge in [-0.3, -0.25) is 14.4 Å². The molecule has 152 valence electrons. The normalized spacial score (nSPS) is 15.8. The van der Waals surface area contributed by atoms with Crippen LogP contribution >= 0.6 is 0 Å². The molecular weight excluding hydrogens is 368 g/mol. The smallest absolute Gasteiger partial charge is 0.274 e. The maximum atomic E-state index is 13.1. The van der Waals surface area contributed by atoms with Crippen molar-refractivity contribution in [3.63, 3.8) is 0 Å². The zero-order chi connectivity index (χ0) is 20.4. The maximum Gasteiger partial charge on any atom is 0.274 e. The largest absolute Gasteiger partial charge is 0.349 e. The minimum absolute atomic E-state index is 0.0449. The number of amides is 2. The van der Waals surface area contributed by atoms with Crippen molar-refractivity contribution in [2.75, 3.05) is 0 Å². The Bertz CT molecular complexity index is 959. The van der Waals surface area contributed by atoms with Gasteiger partial charge in [0, 0.05) is 36.8 Å². The van der Waals surface area contributed by atoms with Gasteiger partial charge in [-0.15, -0.1) is 0 Å². The molecule has 0 saturated heterocycles. The number of benzene rings is 1. The lowest BCUT2D eigenvalue weighted by Gasteiger charge is -2.22. The van der Waals surface area contributed by atoms with Gasteiger partial charge in [-0.2, -0.15) is 5.10 Å². The van der Waals surface area contributed by atoms with E-state index in [4.69, 9.17) is 0 Å². The van der Waals surface area contributed by atoms with E-state index in [0.717, 1.165) is 37.7 Å². The van der Waals surface area contributed by atoms with Gasteiger partial charge in [0.1, 0.15) is 5.69 Å². The summed E-state index contributed by atoms with van der Waals surface area (Å²) < 4.78 is 1.35. The molecule has 0 bridgehead atoms. The van der Waals surface area contributed by atoms with Crippen LogP contribution in [0.2, 0.25) is 0 Å². The summed E-state index contributed by atoms with van der Waals surface area (Å²) >= 11 is 0. The minimum Gasteiger partial charge on any atom is -0.349 e. The first kappa shape index (κ1) is 19.4. The molecule has 1 aromatic carbocycles. The molecule has 0 spiro atoms. The number of rotatable bonds is 8. The molecule has 2 aromatic rings. The van der Waals surface area contributed by atoms with E-state index in [-0.39, 0.29) is 23.4 Å². The molecule has 2 aliphatic carbocycles. The lowest BCUT2D eigenvalue weighted by molar-refractivity contribution is 0.0720. The fraction of sp³-hybridized carbons (Fsp3) is 0.455. The van der Waals surface area contributed by atoms with Crippen LogP contribution in [0.1, 0.15) is 65.4 Å². The van der Waals surface area contributed by atoms with Gasteiger partial charge >= 0.3 is 0 Å². The van der Waals surface area contributed by atoms with Crippen molar-refractivity contribution in [3.8, 4) is 0 Å². The Kier molecular flexibility index (Phi) is 5.47.